The maximum atomic E-state index is 12.4. The van der Waals surface area contributed by atoms with Crippen molar-refractivity contribution in [2.45, 2.75) is 0 Å². The summed E-state index contributed by atoms with van der Waals surface area (Å²) in [5.74, 6) is -1.15. The van der Waals surface area contributed by atoms with Crippen molar-refractivity contribution >= 4 is 52.4 Å². The van der Waals surface area contributed by atoms with E-state index in [0.717, 1.165) is 0 Å². The second-order valence-electron chi connectivity index (χ2n) is 6.17. The number of nitro groups is 2. The zero-order valence-electron chi connectivity index (χ0n) is 15.9. The summed E-state index contributed by atoms with van der Waals surface area (Å²) in [6, 6.07) is 13.6. The highest BCUT2D eigenvalue weighted by Gasteiger charge is 2.21. The van der Waals surface area contributed by atoms with Crippen LogP contribution in [0.1, 0.15) is 15.9 Å². The van der Waals surface area contributed by atoms with Gasteiger partial charge in [-0.25, -0.2) is 4.79 Å². The van der Waals surface area contributed by atoms with Gasteiger partial charge in [-0.15, -0.1) is 0 Å². The number of hydrogen-bond donors (Lipinski definition) is 1. The molecule has 0 radical (unpaired) electrons. The third kappa shape index (κ3) is 5.56. The van der Waals surface area contributed by atoms with Crippen LogP contribution in [0, 0.1) is 20.2 Å². The van der Waals surface area contributed by atoms with Crippen molar-refractivity contribution in [3.63, 3.8) is 0 Å². The third-order valence-electron chi connectivity index (χ3n) is 4.02. The van der Waals surface area contributed by atoms with Gasteiger partial charge in [0.2, 0.25) is 5.75 Å². The number of non-ortho nitro benzene ring substituents is 1. The number of anilines is 1. The molecule has 0 amide bonds. The Labute approximate surface area is 190 Å². The number of carbonyl (C=O) groups excluding carboxylic acids is 1. The van der Waals surface area contributed by atoms with E-state index in [-0.39, 0.29) is 22.0 Å². The number of ether oxygens (including phenoxy) is 1. The molecule has 0 aromatic heterocycles. The van der Waals surface area contributed by atoms with Crippen molar-refractivity contribution in [1.29, 1.82) is 0 Å². The first kappa shape index (κ1) is 22.7. The van der Waals surface area contributed by atoms with Crippen LogP contribution in [0.4, 0.5) is 17.1 Å². The Morgan fingerprint density at radius 1 is 0.969 bits per heavy atom. The second kappa shape index (κ2) is 9.86. The first-order valence-corrected chi connectivity index (χ1v) is 9.49. The highest BCUT2D eigenvalue weighted by Crippen LogP contribution is 2.30. The molecule has 3 aromatic carbocycles. The zero-order valence-corrected chi connectivity index (χ0v) is 17.4. The van der Waals surface area contributed by atoms with Crippen LogP contribution in [-0.2, 0) is 0 Å². The number of hydrazone groups is 1. The second-order valence-corrected chi connectivity index (χ2v) is 7.02. The first-order chi connectivity index (χ1) is 15.2. The first-order valence-electron chi connectivity index (χ1n) is 8.74. The Hall–Kier alpha value is -4.02. The SMILES string of the molecule is O=C(Oc1ccc(/C=N\Nc2ccc([N+](=O)[O-])cc2)cc1[N+](=O)[O-])c1ccc(Cl)cc1Cl. The van der Waals surface area contributed by atoms with E-state index >= 15 is 0 Å². The van der Waals surface area contributed by atoms with Crippen molar-refractivity contribution in [3.05, 3.63) is 102 Å². The molecule has 12 heteroatoms. The molecule has 0 bridgehead atoms. The van der Waals surface area contributed by atoms with Gasteiger partial charge in [0, 0.05) is 28.8 Å². The maximum absolute atomic E-state index is 12.4. The summed E-state index contributed by atoms with van der Waals surface area (Å²) in [6.45, 7) is 0. The number of halogens is 2. The largest absolute Gasteiger partial charge is 0.416 e. The number of nitrogens with zero attached hydrogens (tertiary/aromatic N) is 3. The lowest BCUT2D eigenvalue weighted by molar-refractivity contribution is -0.385. The van der Waals surface area contributed by atoms with Crippen LogP contribution in [0.15, 0.2) is 65.8 Å². The fourth-order valence-electron chi connectivity index (χ4n) is 2.49. The summed E-state index contributed by atoms with van der Waals surface area (Å²) in [5, 5.41) is 26.4. The fourth-order valence-corrected chi connectivity index (χ4v) is 2.98. The number of esters is 1. The fraction of sp³-hybridized carbons (Fsp3) is 0. The van der Waals surface area contributed by atoms with Crippen LogP contribution < -0.4 is 10.2 Å². The van der Waals surface area contributed by atoms with Crippen LogP contribution in [0.2, 0.25) is 10.0 Å². The molecule has 0 aliphatic carbocycles. The summed E-state index contributed by atoms with van der Waals surface area (Å²) in [5.41, 5.74) is 2.95. The molecule has 0 atom stereocenters. The Balaban J connectivity index is 1.75. The molecule has 32 heavy (non-hydrogen) atoms. The predicted molar refractivity (Wildman–Crippen MR) is 119 cm³/mol. The van der Waals surface area contributed by atoms with Crippen molar-refractivity contribution in [2.75, 3.05) is 5.43 Å². The molecule has 3 aromatic rings. The van der Waals surface area contributed by atoms with Crippen LogP contribution in [0.25, 0.3) is 0 Å². The predicted octanol–water partition coefficient (Wildman–Crippen LogP) is 5.48. The molecular formula is C20H12Cl2N4O6. The number of hydrogen-bond acceptors (Lipinski definition) is 8. The number of nitro benzene ring substituents is 2. The third-order valence-corrected chi connectivity index (χ3v) is 4.57. The molecule has 0 saturated carbocycles. The van der Waals surface area contributed by atoms with Crippen LogP contribution in [0.3, 0.4) is 0 Å². The van der Waals surface area contributed by atoms with E-state index in [0.29, 0.717) is 16.3 Å². The highest BCUT2D eigenvalue weighted by molar-refractivity contribution is 6.36. The van der Waals surface area contributed by atoms with Gasteiger partial charge in [-0.3, -0.25) is 25.7 Å². The molecule has 0 aliphatic rings. The zero-order chi connectivity index (χ0) is 23.3. The van der Waals surface area contributed by atoms with E-state index < -0.39 is 21.5 Å². The standard InChI is InChI=1S/C20H12Cl2N4O6/c21-13-2-7-16(17(22)10-13)20(27)32-19-8-1-12(9-18(19)26(30)31)11-23-24-14-3-5-15(6-4-14)25(28)29/h1-11,24H/b23-11-. The minimum atomic E-state index is -0.879. The minimum Gasteiger partial charge on any atom is -0.416 e. The van der Waals surface area contributed by atoms with Gasteiger partial charge in [0.15, 0.2) is 0 Å². The number of benzene rings is 3. The van der Waals surface area contributed by atoms with Gasteiger partial charge in [0.25, 0.3) is 5.69 Å². The number of rotatable bonds is 7. The summed E-state index contributed by atoms with van der Waals surface area (Å²) < 4.78 is 5.15. The van der Waals surface area contributed by atoms with Gasteiger partial charge in [0.1, 0.15) is 0 Å². The van der Waals surface area contributed by atoms with Gasteiger partial charge in [-0.2, -0.15) is 5.10 Å². The van der Waals surface area contributed by atoms with Crippen LogP contribution >= 0.6 is 23.2 Å². The normalized spacial score (nSPS) is 10.7. The van der Waals surface area contributed by atoms with Crippen molar-refractivity contribution in [2.24, 2.45) is 5.10 Å². The van der Waals surface area contributed by atoms with Crippen LogP contribution in [0.5, 0.6) is 5.75 Å². The number of carbonyl (C=O) groups is 1. The van der Waals surface area contributed by atoms with E-state index in [2.05, 4.69) is 10.5 Å². The van der Waals surface area contributed by atoms with E-state index in [1.165, 1.54) is 66.9 Å². The lowest BCUT2D eigenvalue weighted by atomic mass is 10.2. The molecule has 0 heterocycles. The summed E-state index contributed by atoms with van der Waals surface area (Å²) in [6.07, 6.45) is 1.30. The number of nitrogens with one attached hydrogen (secondary N) is 1. The molecule has 1 N–H and O–H groups in total. The Kier molecular flexibility index (Phi) is 6.98. The molecule has 0 fully saturated rings. The van der Waals surface area contributed by atoms with Gasteiger partial charge in [-0.05, 0) is 42.5 Å². The molecule has 162 valence electrons. The summed E-state index contributed by atoms with van der Waals surface area (Å²) >= 11 is 11.8. The lowest BCUT2D eigenvalue weighted by Gasteiger charge is -2.07. The summed E-state index contributed by atoms with van der Waals surface area (Å²) in [4.78, 5) is 33.2. The highest BCUT2D eigenvalue weighted by atomic mass is 35.5. The van der Waals surface area contributed by atoms with E-state index in [4.69, 9.17) is 27.9 Å². The van der Waals surface area contributed by atoms with Gasteiger partial charge < -0.3 is 4.74 Å². The van der Waals surface area contributed by atoms with Gasteiger partial charge in [0.05, 0.1) is 32.3 Å². The minimum absolute atomic E-state index is 0.00306. The molecule has 0 spiro atoms. The average Bonchev–Trinajstić information content (AvgIpc) is 2.74. The van der Waals surface area contributed by atoms with E-state index in [9.17, 15) is 25.0 Å². The van der Waals surface area contributed by atoms with E-state index in [1.54, 1.807) is 0 Å². The Morgan fingerprint density at radius 3 is 2.31 bits per heavy atom. The van der Waals surface area contributed by atoms with Crippen molar-refractivity contribution < 1.29 is 19.4 Å². The van der Waals surface area contributed by atoms with Gasteiger partial charge in [-0.1, -0.05) is 23.2 Å². The lowest BCUT2D eigenvalue weighted by Crippen LogP contribution is -2.10. The monoisotopic (exact) mass is 474 g/mol. The Bertz CT molecular complexity index is 1230. The smallest absolute Gasteiger partial charge is 0.345 e. The molecule has 3 rings (SSSR count). The molecular weight excluding hydrogens is 463 g/mol. The summed E-state index contributed by atoms with van der Waals surface area (Å²) in [7, 11) is 0. The molecule has 0 unspecified atom stereocenters. The topological polar surface area (TPSA) is 137 Å². The molecule has 10 nitrogen and oxygen atoms in total. The quantitative estimate of drug-likeness (QED) is 0.157. The Morgan fingerprint density at radius 2 is 1.69 bits per heavy atom. The van der Waals surface area contributed by atoms with Gasteiger partial charge >= 0.3 is 11.7 Å². The maximum Gasteiger partial charge on any atom is 0.345 e. The molecule has 0 saturated heterocycles. The average molecular weight is 475 g/mol. The molecule has 0 aliphatic heterocycles. The van der Waals surface area contributed by atoms with Crippen LogP contribution in [-0.4, -0.2) is 22.0 Å². The van der Waals surface area contributed by atoms with E-state index in [1.807, 2.05) is 0 Å². The van der Waals surface area contributed by atoms with Crippen molar-refractivity contribution in [1.82, 2.24) is 0 Å². The van der Waals surface area contributed by atoms with Crippen molar-refractivity contribution in [3.8, 4) is 5.75 Å².